The monoisotopic (exact) mass is 537 g/mol. The average Bonchev–Trinajstić information content (AvgIpc) is 3.28. The van der Waals surface area contributed by atoms with Gasteiger partial charge in [-0.2, -0.15) is 31.4 Å². The van der Waals surface area contributed by atoms with Crippen molar-refractivity contribution < 1.29 is 35.9 Å². The Hall–Kier alpha value is -4.16. The molecule has 0 saturated carbocycles. The maximum absolute atomic E-state index is 14.3. The minimum absolute atomic E-state index is 0.0279. The average molecular weight is 537 g/mol. The fraction of sp³-hybridized carbons (Fsp3) is 0.280. The standard InChI is InChI=1S/C25H21F6N5O2/c1-13(2)34-22(37)17-7-3-6-16-15(17)5-4-8-19(16)36-21(25(29,30)31)18(12-33-36)23(38)35-14-9-10-32-20(11-14)24(26,27)28/h3,6-13H,4-5H2,1-2H3,(H,34,37)(H,32,35,38). The first-order valence-electron chi connectivity index (χ1n) is 11.4. The molecule has 0 saturated heterocycles. The Kier molecular flexibility index (Phi) is 7.04. The van der Waals surface area contributed by atoms with Crippen LogP contribution in [0.4, 0.5) is 32.0 Å². The number of rotatable bonds is 5. The van der Waals surface area contributed by atoms with E-state index in [0.717, 1.165) is 12.3 Å². The van der Waals surface area contributed by atoms with E-state index in [2.05, 4.69) is 20.7 Å². The third-order valence-corrected chi connectivity index (χ3v) is 5.67. The number of carbonyl (C=O) groups is 2. The van der Waals surface area contributed by atoms with Gasteiger partial charge in [0.25, 0.3) is 11.8 Å². The topological polar surface area (TPSA) is 88.9 Å². The number of allylic oxidation sites excluding steroid dienone is 1. The number of benzene rings is 1. The van der Waals surface area contributed by atoms with Gasteiger partial charge in [-0.3, -0.25) is 14.6 Å². The van der Waals surface area contributed by atoms with Gasteiger partial charge in [-0.25, -0.2) is 4.68 Å². The molecule has 0 unspecified atom stereocenters. The molecule has 0 spiro atoms. The number of carbonyl (C=O) groups excluding carboxylic acids is 2. The number of amides is 2. The summed E-state index contributed by atoms with van der Waals surface area (Å²) in [7, 11) is 0. The van der Waals surface area contributed by atoms with Gasteiger partial charge in [0.15, 0.2) is 5.69 Å². The van der Waals surface area contributed by atoms with Gasteiger partial charge in [-0.05, 0) is 50.5 Å². The smallest absolute Gasteiger partial charge is 0.350 e. The Morgan fingerprint density at radius 1 is 1.00 bits per heavy atom. The fourth-order valence-electron chi connectivity index (χ4n) is 4.14. The molecule has 1 aliphatic rings. The van der Waals surface area contributed by atoms with E-state index in [1.807, 2.05) is 0 Å². The Bertz CT molecular complexity index is 1420. The number of halogens is 6. The maximum atomic E-state index is 14.3. The lowest BCUT2D eigenvalue weighted by Crippen LogP contribution is -2.31. The van der Waals surface area contributed by atoms with Gasteiger partial charge in [0.2, 0.25) is 0 Å². The minimum atomic E-state index is -5.05. The van der Waals surface area contributed by atoms with Gasteiger partial charge in [0.1, 0.15) is 5.69 Å². The first-order valence-corrected chi connectivity index (χ1v) is 11.4. The summed E-state index contributed by atoms with van der Waals surface area (Å²) in [6, 6.07) is 6.06. The van der Waals surface area contributed by atoms with E-state index in [0.29, 0.717) is 46.5 Å². The highest BCUT2D eigenvalue weighted by molar-refractivity contribution is 6.05. The van der Waals surface area contributed by atoms with Crippen molar-refractivity contribution in [3.63, 3.8) is 0 Å². The lowest BCUT2D eigenvalue weighted by Gasteiger charge is -2.23. The lowest BCUT2D eigenvalue weighted by molar-refractivity contribution is -0.143. The number of aromatic nitrogens is 3. The van der Waals surface area contributed by atoms with Crippen molar-refractivity contribution in [3.05, 3.63) is 82.4 Å². The molecule has 0 aliphatic heterocycles. The zero-order valence-electron chi connectivity index (χ0n) is 20.0. The van der Waals surface area contributed by atoms with E-state index in [1.54, 1.807) is 32.0 Å². The van der Waals surface area contributed by atoms with Crippen LogP contribution < -0.4 is 10.6 Å². The predicted molar refractivity (Wildman–Crippen MR) is 125 cm³/mol. The fourth-order valence-corrected chi connectivity index (χ4v) is 4.14. The van der Waals surface area contributed by atoms with E-state index >= 15 is 0 Å². The normalized spacial score (nSPS) is 13.7. The van der Waals surface area contributed by atoms with Crippen LogP contribution in [0.25, 0.3) is 5.70 Å². The van der Waals surface area contributed by atoms with Crippen molar-refractivity contribution in [3.8, 4) is 0 Å². The van der Waals surface area contributed by atoms with Crippen LogP contribution in [0.5, 0.6) is 0 Å². The van der Waals surface area contributed by atoms with Crippen LogP contribution in [0.15, 0.2) is 48.8 Å². The van der Waals surface area contributed by atoms with Crippen molar-refractivity contribution in [2.45, 2.75) is 45.1 Å². The maximum Gasteiger partial charge on any atom is 0.434 e. The Labute approximate surface area is 212 Å². The molecule has 2 N–H and O–H groups in total. The molecule has 4 rings (SSSR count). The molecular weight excluding hydrogens is 516 g/mol. The van der Waals surface area contributed by atoms with Gasteiger partial charge in [-0.15, -0.1) is 0 Å². The zero-order valence-corrected chi connectivity index (χ0v) is 20.0. The van der Waals surface area contributed by atoms with E-state index in [-0.39, 0.29) is 23.3 Å². The second-order valence-corrected chi connectivity index (χ2v) is 8.79. The molecule has 2 amide bonds. The number of anilines is 1. The third kappa shape index (κ3) is 5.41. The SMILES string of the molecule is CC(C)NC(=O)c1cccc2c1CCC=C2n1ncc(C(=O)Nc2ccnc(C(F)(F)F)c2)c1C(F)(F)F. The summed E-state index contributed by atoms with van der Waals surface area (Å²) in [5.41, 5.74) is -2.77. The molecule has 2 heterocycles. The molecule has 0 bridgehead atoms. The first-order chi connectivity index (χ1) is 17.8. The Morgan fingerprint density at radius 2 is 1.74 bits per heavy atom. The van der Waals surface area contributed by atoms with E-state index in [9.17, 15) is 35.9 Å². The molecule has 13 heteroatoms. The Balaban J connectivity index is 1.74. The highest BCUT2D eigenvalue weighted by atomic mass is 19.4. The van der Waals surface area contributed by atoms with Gasteiger partial charge in [0.05, 0.1) is 17.5 Å². The molecule has 3 aromatic rings. The largest absolute Gasteiger partial charge is 0.434 e. The van der Waals surface area contributed by atoms with Crippen molar-refractivity contribution in [2.24, 2.45) is 0 Å². The molecule has 0 atom stereocenters. The first kappa shape index (κ1) is 26.9. The minimum Gasteiger partial charge on any atom is -0.350 e. The molecule has 200 valence electrons. The summed E-state index contributed by atoms with van der Waals surface area (Å²) in [5.74, 6) is -1.67. The third-order valence-electron chi connectivity index (χ3n) is 5.67. The molecule has 0 radical (unpaired) electrons. The summed E-state index contributed by atoms with van der Waals surface area (Å²) in [6.45, 7) is 3.56. The molecule has 1 aromatic carbocycles. The number of pyridine rings is 1. The van der Waals surface area contributed by atoms with E-state index in [1.165, 1.54) is 6.08 Å². The molecule has 1 aliphatic carbocycles. The van der Waals surface area contributed by atoms with Gasteiger partial charge >= 0.3 is 12.4 Å². The number of nitrogens with one attached hydrogen (secondary N) is 2. The predicted octanol–water partition coefficient (Wildman–Crippen LogP) is 5.54. The summed E-state index contributed by atoms with van der Waals surface area (Å²) >= 11 is 0. The highest BCUT2D eigenvalue weighted by Crippen LogP contribution is 2.38. The number of hydrogen-bond acceptors (Lipinski definition) is 4. The number of hydrogen-bond donors (Lipinski definition) is 2. The molecule has 38 heavy (non-hydrogen) atoms. The summed E-state index contributed by atoms with van der Waals surface area (Å²) in [4.78, 5) is 28.6. The van der Waals surface area contributed by atoms with Crippen molar-refractivity contribution in [1.82, 2.24) is 20.1 Å². The van der Waals surface area contributed by atoms with Crippen molar-refractivity contribution >= 4 is 23.2 Å². The van der Waals surface area contributed by atoms with Gasteiger partial charge in [0, 0.05) is 29.1 Å². The van der Waals surface area contributed by atoms with Crippen LogP contribution in [-0.2, 0) is 18.8 Å². The van der Waals surface area contributed by atoms with Crippen LogP contribution in [-0.4, -0.2) is 32.6 Å². The molecule has 7 nitrogen and oxygen atoms in total. The lowest BCUT2D eigenvalue weighted by atomic mass is 9.90. The number of nitrogens with zero attached hydrogens (tertiary/aromatic N) is 3. The van der Waals surface area contributed by atoms with Crippen molar-refractivity contribution in [2.75, 3.05) is 5.32 Å². The summed E-state index contributed by atoms with van der Waals surface area (Å²) < 4.78 is 82.2. The van der Waals surface area contributed by atoms with Crippen LogP contribution in [0.3, 0.4) is 0 Å². The van der Waals surface area contributed by atoms with E-state index < -0.39 is 35.2 Å². The van der Waals surface area contributed by atoms with Crippen LogP contribution in [0.2, 0.25) is 0 Å². The number of fused-ring (bicyclic) bond motifs is 1. The molecule has 0 fully saturated rings. The van der Waals surface area contributed by atoms with Crippen molar-refractivity contribution in [1.29, 1.82) is 0 Å². The quantitative estimate of drug-likeness (QED) is 0.419. The summed E-state index contributed by atoms with van der Waals surface area (Å²) in [5, 5.41) is 8.64. The van der Waals surface area contributed by atoms with Crippen LogP contribution in [0.1, 0.15) is 63.5 Å². The van der Waals surface area contributed by atoms with Gasteiger partial charge < -0.3 is 10.6 Å². The van der Waals surface area contributed by atoms with Crippen LogP contribution in [0, 0.1) is 0 Å². The van der Waals surface area contributed by atoms with E-state index in [4.69, 9.17) is 0 Å². The number of alkyl halides is 6. The Morgan fingerprint density at radius 3 is 2.39 bits per heavy atom. The summed E-state index contributed by atoms with van der Waals surface area (Å²) in [6.07, 6.45) is -6.14. The van der Waals surface area contributed by atoms with Crippen LogP contribution >= 0.6 is 0 Å². The second-order valence-electron chi connectivity index (χ2n) is 8.79. The highest BCUT2D eigenvalue weighted by Gasteiger charge is 2.42. The second kappa shape index (κ2) is 9.95. The van der Waals surface area contributed by atoms with Gasteiger partial charge in [-0.1, -0.05) is 18.2 Å². The zero-order chi connectivity index (χ0) is 27.8. The molecule has 2 aromatic heterocycles. The molecular formula is C25H21F6N5O2.